The maximum absolute atomic E-state index is 12.8. The number of nitrogens with one attached hydrogen (secondary N) is 1. The average molecular weight is 287 g/mol. The summed E-state index contributed by atoms with van der Waals surface area (Å²) in [5.41, 5.74) is 0.576. The number of hydrogen-bond acceptors (Lipinski definition) is 3. The van der Waals surface area contributed by atoms with Crippen molar-refractivity contribution in [3.63, 3.8) is 0 Å². The van der Waals surface area contributed by atoms with Crippen LogP contribution in [0.4, 0.5) is 5.82 Å². The number of aromatic nitrogens is 1. The van der Waals surface area contributed by atoms with Crippen molar-refractivity contribution in [2.24, 2.45) is 5.92 Å². The lowest BCUT2D eigenvalue weighted by Gasteiger charge is -2.31. The van der Waals surface area contributed by atoms with E-state index >= 15 is 0 Å². The van der Waals surface area contributed by atoms with Crippen LogP contribution in [0.1, 0.15) is 56.4 Å². The number of hydrogen-bond donors (Lipinski definition) is 1. The van der Waals surface area contributed by atoms with E-state index in [0.717, 1.165) is 18.3 Å². The lowest BCUT2D eigenvalue weighted by molar-refractivity contribution is 0.0684. The first-order chi connectivity index (χ1) is 10.1. The first kappa shape index (κ1) is 14.4. The molecule has 0 spiro atoms. The van der Waals surface area contributed by atoms with E-state index in [0.29, 0.717) is 17.8 Å². The van der Waals surface area contributed by atoms with Crippen LogP contribution in [0.5, 0.6) is 0 Å². The van der Waals surface area contributed by atoms with Crippen molar-refractivity contribution in [2.45, 2.75) is 58.0 Å². The third-order valence-electron chi connectivity index (χ3n) is 4.68. The summed E-state index contributed by atoms with van der Waals surface area (Å²) in [4.78, 5) is 19.3. The minimum Gasteiger partial charge on any atom is -0.368 e. The van der Waals surface area contributed by atoms with Crippen molar-refractivity contribution >= 4 is 11.7 Å². The Balaban J connectivity index is 1.75. The summed E-state index contributed by atoms with van der Waals surface area (Å²) in [6.45, 7) is 5.05. The van der Waals surface area contributed by atoms with Gasteiger partial charge in [0.15, 0.2) is 0 Å². The third kappa shape index (κ3) is 3.04. The summed E-state index contributed by atoms with van der Waals surface area (Å²) in [5, 5.41) is 3.27. The Morgan fingerprint density at radius 1 is 1.29 bits per heavy atom. The van der Waals surface area contributed by atoms with E-state index in [2.05, 4.69) is 29.0 Å². The number of carbonyl (C=O) groups is 1. The molecule has 2 aliphatic rings. The second-order valence-electron chi connectivity index (χ2n) is 6.61. The van der Waals surface area contributed by atoms with Crippen molar-refractivity contribution in [1.29, 1.82) is 0 Å². The normalized spacial score (nSPS) is 25.0. The lowest BCUT2D eigenvalue weighted by Crippen LogP contribution is -2.39. The van der Waals surface area contributed by atoms with Crippen LogP contribution < -0.4 is 5.32 Å². The number of rotatable bonds is 3. The molecule has 1 amide bonds. The van der Waals surface area contributed by atoms with Gasteiger partial charge in [-0.05, 0) is 51.2 Å². The van der Waals surface area contributed by atoms with E-state index in [9.17, 15) is 4.79 Å². The number of anilines is 1. The fourth-order valence-corrected chi connectivity index (χ4v) is 3.74. The highest BCUT2D eigenvalue weighted by atomic mass is 16.2. The van der Waals surface area contributed by atoms with Crippen LogP contribution in [0.3, 0.4) is 0 Å². The van der Waals surface area contributed by atoms with Gasteiger partial charge in [-0.1, -0.05) is 18.9 Å². The molecule has 1 saturated heterocycles. The molecule has 4 nitrogen and oxygen atoms in total. The van der Waals surface area contributed by atoms with Gasteiger partial charge in [0.2, 0.25) is 0 Å². The number of carbonyl (C=O) groups excluding carboxylic acids is 1. The molecule has 2 heterocycles. The highest BCUT2D eigenvalue weighted by Gasteiger charge is 2.38. The molecule has 1 aliphatic heterocycles. The van der Waals surface area contributed by atoms with E-state index in [4.69, 9.17) is 0 Å². The molecular weight excluding hydrogens is 262 g/mol. The Morgan fingerprint density at radius 3 is 2.90 bits per heavy atom. The summed E-state index contributed by atoms with van der Waals surface area (Å²) >= 11 is 0. The van der Waals surface area contributed by atoms with Crippen molar-refractivity contribution in [3.05, 3.63) is 23.9 Å². The van der Waals surface area contributed by atoms with Gasteiger partial charge in [0.05, 0.1) is 0 Å². The van der Waals surface area contributed by atoms with Gasteiger partial charge in [0.1, 0.15) is 11.5 Å². The van der Waals surface area contributed by atoms with Crippen LogP contribution in [0.15, 0.2) is 18.2 Å². The molecule has 2 atom stereocenters. The smallest absolute Gasteiger partial charge is 0.272 e. The van der Waals surface area contributed by atoms with Gasteiger partial charge in [0, 0.05) is 18.6 Å². The predicted molar refractivity (Wildman–Crippen MR) is 84.4 cm³/mol. The molecule has 21 heavy (non-hydrogen) atoms. The zero-order valence-electron chi connectivity index (χ0n) is 13.0. The van der Waals surface area contributed by atoms with Crippen LogP contribution >= 0.6 is 0 Å². The molecule has 2 fully saturated rings. The van der Waals surface area contributed by atoms with Gasteiger partial charge >= 0.3 is 0 Å². The standard InChI is InChI=1S/C17H25N3O/c1-12(2)18-16-9-5-7-14(19-16)17(21)20-11-10-13-6-3-4-8-15(13)20/h5,7,9,12-13,15H,3-4,6,8,10-11H2,1-2H3,(H,18,19). The molecule has 1 N–H and O–H groups in total. The van der Waals surface area contributed by atoms with Gasteiger partial charge in [-0.2, -0.15) is 0 Å². The van der Waals surface area contributed by atoms with E-state index in [-0.39, 0.29) is 5.91 Å². The Labute approximate surface area is 126 Å². The minimum absolute atomic E-state index is 0.108. The summed E-state index contributed by atoms with van der Waals surface area (Å²) in [6, 6.07) is 6.44. The molecule has 1 saturated carbocycles. The molecule has 0 radical (unpaired) electrons. The topological polar surface area (TPSA) is 45.2 Å². The number of likely N-dealkylation sites (tertiary alicyclic amines) is 1. The van der Waals surface area contributed by atoms with Gasteiger partial charge < -0.3 is 10.2 Å². The largest absolute Gasteiger partial charge is 0.368 e. The first-order valence-corrected chi connectivity index (χ1v) is 8.19. The van der Waals surface area contributed by atoms with E-state index in [1.54, 1.807) is 0 Å². The highest BCUT2D eigenvalue weighted by molar-refractivity contribution is 5.93. The molecule has 3 rings (SSSR count). The van der Waals surface area contributed by atoms with Crippen LogP contribution in [-0.4, -0.2) is 34.4 Å². The zero-order valence-corrected chi connectivity index (χ0v) is 13.0. The van der Waals surface area contributed by atoms with E-state index < -0.39 is 0 Å². The molecule has 1 aliphatic carbocycles. The lowest BCUT2D eigenvalue weighted by atomic mass is 9.85. The number of fused-ring (bicyclic) bond motifs is 1. The molecule has 2 unspecified atom stereocenters. The third-order valence-corrected chi connectivity index (χ3v) is 4.68. The zero-order chi connectivity index (χ0) is 14.8. The average Bonchev–Trinajstić information content (AvgIpc) is 2.90. The van der Waals surface area contributed by atoms with Gasteiger partial charge in [-0.25, -0.2) is 4.98 Å². The number of nitrogens with zero attached hydrogens (tertiary/aromatic N) is 2. The second kappa shape index (κ2) is 6.04. The maximum atomic E-state index is 12.8. The van der Waals surface area contributed by atoms with Crippen LogP contribution in [0.2, 0.25) is 0 Å². The SMILES string of the molecule is CC(C)Nc1cccc(C(=O)N2CCC3CCCCC32)n1. The molecule has 114 valence electrons. The molecule has 0 aromatic carbocycles. The van der Waals surface area contributed by atoms with Crippen molar-refractivity contribution in [2.75, 3.05) is 11.9 Å². The minimum atomic E-state index is 0.108. The summed E-state index contributed by atoms with van der Waals surface area (Å²) < 4.78 is 0. The number of amides is 1. The Bertz CT molecular complexity index is 515. The van der Waals surface area contributed by atoms with Gasteiger partial charge in [-0.15, -0.1) is 0 Å². The van der Waals surface area contributed by atoms with E-state index in [1.807, 2.05) is 18.2 Å². The molecule has 1 aromatic rings. The highest BCUT2D eigenvalue weighted by Crippen LogP contribution is 2.36. The van der Waals surface area contributed by atoms with Crippen LogP contribution in [0, 0.1) is 5.92 Å². The summed E-state index contributed by atoms with van der Waals surface area (Å²) in [7, 11) is 0. The quantitative estimate of drug-likeness (QED) is 0.927. The molecule has 1 aromatic heterocycles. The van der Waals surface area contributed by atoms with E-state index in [1.165, 1.54) is 32.1 Å². The molecule has 0 bridgehead atoms. The molecular formula is C17H25N3O. The number of pyridine rings is 1. The fraction of sp³-hybridized carbons (Fsp3) is 0.647. The summed E-state index contributed by atoms with van der Waals surface area (Å²) in [5.74, 6) is 1.62. The van der Waals surface area contributed by atoms with Crippen molar-refractivity contribution < 1.29 is 4.79 Å². The first-order valence-electron chi connectivity index (χ1n) is 8.19. The fourth-order valence-electron chi connectivity index (χ4n) is 3.74. The Morgan fingerprint density at radius 2 is 2.10 bits per heavy atom. The second-order valence-corrected chi connectivity index (χ2v) is 6.61. The van der Waals surface area contributed by atoms with Gasteiger partial charge in [-0.3, -0.25) is 4.79 Å². The molecule has 4 heteroatoms. The Hall–Kier alpha value is -1.58. The predicted octanol–water partition coefficient (Wildman–Crippen LogP) is 3.31. The Kier molecular flexibility index (Phi) is 4.13. The van der Waals surface area contributed by atoms with Crippen LogP contribution in [0.25, 0.3) is 0 Å². The summed E-state index contributed by atoms with van der Waals surface area (Å²) in [6.07, 6.45) is 6.21. The van der Waals surface area contributed by atoms with Crippen LogP contribution in [-0.2, 0) is 0 Å². The monoisotopic (exact) mass is 287 g/mol. The van der Waals surface area contributed by atoms with Crippen molar-refractivity contribution in [1.82, 2.24) is 9.88 Å². The maximum Gasteiger partial charge on any atom is 0.272 e. The van der Waals surface area contributed by atoms with Crippen molar-refractivity contribution in [3.8, 4) is 0 Å². The van der Waals surface area contributed by atoms with Gasteiger partial charge in [0.25, 0.3) is 5.91 Å².